The minimum absolute atomic E-state index is 0. The monoisotopic (exact) mass is 443 g/mol. The number of hydrogen-bond donors (Lipinski definition) is 2. The lowest BCUT2D eigenvalue weighted by Gasteiger charge is -2.16. The number of nitrogens with one attached hydrogen (secondary N) is 2. The summed E-state index contributed by atoms with van der Waals surface area (Å²) in [6.45, 7) is 2.35. The van der Waals surface area contributed by atoms with Crippen molar-refractivity contribution in [3.05, 3.63) is 23.8 Å². The number of guanidine groups is 1. The average molecular weight is 443 g/mol. The first-order chi connectivity index (χ1) is 10.5. The van der Waals surface area contributed by atoms with Gasteiger partial charge in [-0.2, -0.15) is 8.78 Å². The topological polar surface area (TPSA) is 54.9 Å². The second kappa shape index (κ2) is 11.3. The summed E-state index contributed by atoms with van der Waals surface area (Å²) in [5.41, 5.74) is 0.591. The first-order valence-corrected chi connectivity index (χ1v) is 7.02. The lowest BCUT2D eigenvalue weighted by Crippen LogP contribution is -2.38. The molecule has 0 radical (unpaired) electrons. The minimum Gasteiger partial charge on any atom is -0.497 e. The Bertz CT molecular complexity index is 500. The number of hydrogen-bond acceptors (Lipinski definition) is 3. The fourth-order valence-electron chi connectivity index (χ4n) is 1.71. The molecule has 0 bridgehead atoms. The van der Waals surface area contributed by atoms with Gasteiger partial charge < -0.3 is 20.1 Å². The van der Waals surface area contributed by atoms with Gasteiger partial charge in [0.15, 0.2) is 5.96 Å². The third kappa shape index (κ3) is 8.19. The van der Waals surface area contributed by atoms with Gasteiger partial charge in [-0.3, -0.25) is 4.99 Å². The molecule has 0 fully saturated rings. The lowest BCUT2D eigenvalue weighted by atomic mass is 10.2. The zero-order valence-electron chi connectivity index (χ0n) is 13.7. The molecular formula is C15H24F2IN3O2. The van der Waals surface area contributed by atoms with Crippen LogP contribution < -0.4 is 20.1 Å². The number of halogens is 3. The van der Waals surface area contributed by atoms with E-state index in [1.807, 2.05) is 0 Å². The molecule has 0 saturated heterocycles. The van der Waals surface area contributed by atoms with Gasteiger partial charge >= 0.3 is 6.61 Å². The van der Waals surface area contributed by atoms with E-state index in [1.165, 1.54) is 13.2 Å². The second-order valence-electron chi connectivity index (χ2n) is 5.05. The van der Waals surface area contributed by atoms with Crippen molar-refractivity contribution in [3.8, 4) is 11.5 Å². The zero-order chi connectivity index (χ0) is 16.5. The van der Waals surface area contributed by atoms with E-state index in [2.05, 4.69) is 34.2 Å². The number of benzene rings is 1. The van der Waals surface area contributed by atoms with E-state index in [-0.39, 0.29) is 29.7 Å². The smallest absolute Gasteiger partial charge is 0.387 e. The van der Waals surface area contributed by atoms with Gasteiger partial charge in [0.1, 0.15) is 11.5 Å². The number of rotatable bonds is 7. The Labute approximate surface area is 152 Å². The quantitative estimate of drug-likeness (QED) is 0.386. The van der Waals surface area contributed by atoms with Crippen molar-refractivity contribution >= 4 is 29.9 Å². The summed E-state index contributed by atoms with van der Waals surface area (Å²) in [7, 11) is 3.12. The van der Waals surface area contributed by atoms with Crippen molar-refractivity contribution < 1.29 is 18.3 Å². The number of alkyl halides is 2. The number of nitrogens with zero attached hydrogens (tertiary/aromatic N) is 1. The molecule has 2 N–H and O–H groups in total. The standard InChI is InChI=1S/C15H23F2N3O2.HI/c1-10(2)8-19-15(18-3)20-9-11-5-6-12(21-4)7-13(11)22-14(16)17;/h5-7,10,14H,8-9H2,1-4H3,(H2,18,19,20);1H. The second-order valence-corrected chi connectivity index (χ2v) is 5.05. The highest BCUT2D eigenvalue weighted by atomic mass is 127. The number of ether oxygens (including phenoxy) is 2. The number of methoxy groups -OCH3 is 1. The van der Waals surface area contributed by atoms with E-state index < -0.39 is 6.61 Å². The molecule has 1 aromatic rings. The molecule has 23 heavy (non-hydrogen) atoms. The third-order valence-electron chi connectivity index (χ3n) is 2.84. The molecule has 1 rings (SSSR count). The molecule has 0 saturated carbocycles. The summed E-state index contributed by atoms with van der Waals surface area (Å²) in [6, 6.07) is 4.81. The summed E-state index contributed by atoms with van der Waals surface area (Å²) >= 11 is 0. The van der Waals surface area contributed by atoms with Crippen molar-refractivity contribution in [2.75, 3.05) is 20.7 Å². The Morgan fingerprint density at radius 1 is 1.26 bits per heavy atom. The van der Waals surface area contributed by atoms with E-state index in [4.69, 9.17) is 4.74 Å². The lowest BCUT2D eigenvalue weighted by molar-refractivity contribution is -0.0505. The maximum atomic E-state index is 12.5. The maximum absolute atomic E-state index is 12.5. The van der Waals surface area contributed by atoms with Gasteiger partial charge in [0.25, 0.3) is 0 Å². The molecule has 0 aliphatic rings. The van der Waals surface area contributed by atoms with Crippen LogP contribution in [0.15, 0.2) is 23.2 Å². The van der Waals surface area contributed by atoms with Crippen LogP contribution in [0.3, 0.4) is 0 Å². The van der Waals surface area contributed by atoms with E-state index in [1.54, 1.807) is 19.2 Å². The van der Waals surface area contributed by atoms with Gasteiger partial charge in [0.05, 0.1) is 7.11 Å². The van der Waals surface area contributed by atoms with Gasteiger partial charge in [-0.25, -0.2) is 0 Å². The van der Waals surface area contributed by atoms with Crippen LogP contribution in [0.1, 0.15) is 19.4 Å². The molecule has 0 amide bonds. The van der Waals surface area contributed by atoms with Gasteiger partial charge in [0.2, 0.25) is 0 Å². The van der Waals surface area contributed by atoms with Gasteiger partial charge in [-0.15, -0.1) is 24.0 Å². The molecule has 0 aliphatic carbocycles. The first-order valence-electron chi connectivity index (χ1n) is 7.02. The maximum Gasteiger partial charge on any atom is 0.387 e. The van der Waals surface area contributed by atoms with Crippen molar-refractivity contribution in [1.82, 2.24) is 10.6 Å². The van der Waals surface area contributed by atoms with Crippen molar-refractivity contribution in [2.24, 2.45) is 10.9 Å². The average Bonchev–Trinajstić information content (AvgIpc) is 2.47. The molecular weight excluding hydrogens is 419 g/mol. The van der Waals surface area contributed by atoms with Crippen LogP contribution in [-0.4, -0.2) is 33.3 Å². The van der Waals surface area contributed by atoms with Crippen LogP contribution in [-0.2, 0) is 6.54 Å². The molecule has 5 nitrogen and oxygen atoms in total. The SMILES string of the molecule is CN=C(NCc1ccc(OC)cc1OC(F)F)NCC(C)C.I. The Hall–Kier alpha value is -1.32. The van der Waals surface area contributed by atoms with Crippen LogP contribution in [0.4, 0.5) is 8.78 Å². The van der Waals surface area contributed by atoms with Crippen molar-refractivity contribution in [1.29, 1.82) is 0 Å². The van der Waals surface area contributed by atoms with Crippen molar-refractivity contribution in [3.63, 3.8) is 0 Å². The van der Waals surface area contributed by atoms with E-state index in [0.29, 0.717) is 29.7 Å². The highest BCUT2D eigenvalue weighted by Crippen LogP contribution is 2.26. The van der Waals surface area contributed by atoms with Crippen LogP contribution in [0, 0.1) is 5.92 Å². The fraction of sp³-hybridized carbons (Fsp3) is 0.533. The molecule has 0 heterocycles. The normalized spacial score (nSPS) is 11.2. The fourth-order valence-corrected chi connectivity index (χ4v) is 1.71. The van der Waals surface area contributed by atoms with Gasteiger partial charge in [-0.1, -0.05) is 13.8 Å². The Kier molecular flexibility index (Phi) is 10.6. The highest BCUT2D eigenvalue weighted by molar-refractivity contribution is 14.0. The zero-order valence-corrected chi connectivity index (χ0v) is 16.1. The van der Waals surface area contributed by atoms with Crippen LogP contribution in [0.5, 0.6) is 11.5 Å². The predicted molar refractivity (Wildman–Crippen MR) is 98.1 cm³/mol. The Morgan fingerprint density at radius 2 is 1.96 bits per heavy atom. The molecule has 132 valence electrons. The Balaban J connectivity index is 0.00000484. The summed E-state index contributed by atoms with van der Waals surface area (Å²) in [4.78, 5) is 4.08. The van der Waals surface area contributed by atoms with E-state index >= 15 is 0 Å². The number of aliphatic imine (C=N–C) groups is 1. The van der Waals surface area contributed by atoms with E-state index in [9.17, 15) is 8.78 Å². The largest absolute Gasteiger partial charge is 0.497 e. The van der Waals surface area contributed by atoms with Crippen LogP contribution in [0.2, 0.25) is 0 Å². The molecule has 0 unspecified atom stereocenters. The third-order valence-corrected chi connectivity index (χ3v) is 2.84. The van der Waals surface area contributed by atoms with Gasteiger partial charge in [-0.05, 0) is 18.1 Å². The van der Waals surface area contributed by atoms with Crippen LogP contribution >= 0.6 is 24.0 Å². The first kappa shape index (κ1) is 21.7. The molecule has 1 aromatic carbocycles. The summed E-state index contributed by atoms with van der Waals surface area (Å²) < 4.78 is 34.5. The molecule has 0 aromatic heterocycles. The molecule has 8 heteroatoms. The Morgan fingerprint density at radius 3 is 2.48 bits per heavy atom. The summed E-state index contributed by atoms with van der Waals surface area (Å²) in [5, 5.41) is 6.21. The predicted octanol–water partition coefficient (Wildman–Crippen LogP) is 3.24. The molecule has 0 aliphatic heterocycles. The summed E-state index contributed by atoms with van der Waals surface area (Å²) in [6.07, 6.45) is 0. The van der Waals surface area contributed by atoms with Crippen molar-refractivity contribution in [2.45, 2.75) is 27.0 Å². The highest BCUT2D eigenvalue weighted by Gasteiger charge is 2.11. The summed E-state index contributed by atoms with van der Waals surface area (Å²) in [5.74, 6) is 1.62. The van der Waals surface area contributed by atoms with Crippen LogP contribution in [0.25, 0.3) is 0 Å². The minimum atomic E-state index is -2.88. The molecule has 0 atom stereocenters. The van der Waals surface area contributed by atoms with Gasteiger partial charge in [0, 0.05) is 31.8 Å². The van der Waals surface area contributed by atoms with E-state index in [0.717, 1.165) is 6.54 Å². The molecule has 0 spiro atoms.